The summed E-state index contributed by atoms with van der Waals surface area (Å²) in [6.45, 7) is 5.21. The number of methoxy groups -OCH3 is 1. The van der Waals surface area contributed by atoms with Crippen molar-refractivity contribution in [2.75, 3.05) is 66.6 Å². The molecule has 0 unspecified atom stereocenters. The summed E-state index contributed by atoms with van der Waals surface area (Å²) in [4.78, 5) is 29.1. The zero-order valence-corrected chi connectivity index (χ0v) is 16.1. The minimum Gasteiger partial charge on any atom is -0.497 e. The van der Waals surface area contributed by atoms with Crippen molar-refractivity contribution in [2.24, 2.45) is 0 Å². The lowest BCUT2D eigenvalue weighted by Crippen LogP contribution is -2.41. The van der Waals surface area contributed by atoms with Gasteiger partial charge in [0.2, 0.25) is 0 Å². The summed E-state index contributed by atoms with van der Waals surface area (Å²) >= 11 is 0. The van der Waals surface area contributed by atoms with E-state index in [2.05, 4.69) is 4.90 Å². The lowest BCUT2D eigenvalue weighted by Gasteiger charge is -2.28. The van der Waals surface area contributed by atoms with Crippen LogP contribution in [-0.4, -0.2) is 98.4 Å². The molecule has 0 aromatic heterocycles. The number of amides is 2. The highest BCUT2D eigenvalue weighted by molar-refractivity contribution is 5.94. The number of carboxylic acid groups (broad SMARTS) is 1. The highest BCUT2D eigenvalue weighted by Crippen LogP contribution is 2.12. The summed E-state index contributed by atoms with van der Waals surface area (Å²) in [5.74, 6) is 0.544. The number of rotatable bonds is 9. The summed E-state index contributed by atoms with van der Waals surface area (Å²) < 4.78 is 10.4. The molecule has 27 heavy (non-hydrogen) atoms. The van der Waals surface area contributed by atoms with E-state index in [1.807, 2.05) is 0 Å². The Balaban J connectivity index is 1.77. The molecule has 0 saturated carbocycles. The second-order valence-corrected chi connectivity index (χ2v) is 6.53. The van der Waals surface area contributed by atoms with Crippen molar-refractivity contribution in [3.05, 3.63) is 29.8 Å². The molecule has 1 saturated heterocycles. The van der Waals surface area contributed by atoms with E-state index in [1.54, 1.807) is 43.3 Å². The van der Waals surface area contributed by atoms with E-state index in [4.69, 9.17) is 9.47 Å². The van der Waals surface area contributed by atoms with Crippen LogP contribution >= 0.6 is 0 Å². The molecule has 2 rings (SSSR count). The zero-order chi connectivity index (χ0) is 19.6. The Morgan fingerprint density at radius 3 is 2.41 bits per heavy atom. The largest absolute Gasteiger partial charge is 0.497 e. The number of morpholine rings is 1. The quantitative estimate of drug-likeness (QED) is 0.700. The van der Waals surface area contributed by atoms with Crippen molar-refractivity contribution >= 4 is 12.0 Å². The normalized spacial score (nSPS) is 14.6. The van der Waals surface area contributed by atoms with Gasteiger partial charge in [-0.2, -0.15) is 0 Å². The fourth-order valence-electron chi connectivity index (χ4n) is 2.94. The van der Waals surface area contributed by atoms with Gasteiger partial charge in [0, 0.05) is 51.9 Å². The summed E-state index contributed by atoms with van der Waals surface area (Å²) in [5, 5.41) is 9.41. The van der Waals surface area contributed by atoms with Gasteiger partial charge in [-0.3, -0.25) is 9.69 Å². The average Bonchev–Trinajstić information content (AvgIpc) is 2.70. The van der Waals surface area contributed by atoms with Gasteiger partial charge in [-0.25, -0.2) is 4.79 Å². The van der Waals surface area contributed by atoms with Gasteiger partial charge >= 0.3 is 6.09 Å². The highest BCUT2D eigenvalue weighted by atomic mass is 16.5. The molecule has 1 heterocycles. The predicted octanol–water partition coefficient (Wildman–Crippen LogP) is 1.47. The van der Waals surface area contributed by atoms with Gasteiger partial charge < -0.3 is 24.4 Å². The lowest BCUT2D eigenvalue weighted by molar-refractivity contribution is 0.0360. The van der Waals surface area contributed by atoms with E-state index < -0.39 is 6.09 Å². The van der Waals surface area contributed by atoms with Crippen LogP contribution in [0.4, 0.5) is 4.79 Å². The maximum absolute atomic E-state index is 12.4. The van der Waals surface area contributed by atoms with Gasteiger partial charge in [-0.05, 0) is 30.7 Å². The van der Waals surface area contributed by atoms with Crippen molar-refractivity contribution in [1.29, 1.82) is 0 Å². The number of nitrogens with zero attached hydrogens (tertiary/aromatic N) is 3. The predicted molar refractivity (Wildman–Crippen MR) is 101 cm³/mol. The van der Waals surface area contributed by atoms with Crippen LogP contribution in [0.15, 0.2) is 24.3 Å². The molecular formula is C19H29N3O5. The van der Waals surface area contributed by atoms with Crippen LogP contribution in [0.1, 0.15) is 16.8 Å². The topological polar surface area (TPSA) is 82.5 Å². The number of carbonyl (C=O) groups is 2. The lowest BCUT2D eigenvalue weighted by atomic mass is 10.2. The molecule has 1 N–H and O–H groups in total. The fraction of sp³-hybridized carbons (Fsp3) is 0.579. The summed E-state index contributed by atoms with van der Waals surface area (Å²) in [5.41, 5.74) is 0.549. The third-order valence-electron chi connectivity index (χ3n) is 4.67. The van der Waals surface area contributed by atoms with Gasteiger partial charge in [0.15, 0.2) is 0 Å². The minimum absolute atomic E-state index is 0.142. The molecule has 1 aromatic carbocycles. The van der Waals surface area contributed by atoms with Gasteiger partial charge in [0.1, 0.15) is 5.75 Å². The van der Waals surface area contributed by atoms with Crippen molar-refractivity contribution in [2.45, 2.75) is 6.42 Å². The fourth-order valence-corrected chi connectivity index (χ4v) is 2.94. The first-order chi connectivity index (χ1) is 13.0. The maximum Gasteiger partial charge on any atom is 0.407 e. The third kappa shape index (κ3) is 6.73. The second-order valence-electron chi connectivity index (χ2n) is 6.53. The number of carbonyl (C=O) groups excluding carboxylic acids is 1. The van der Waals surface area contributed by atoms with Crippen LogP contribution in [0.3, 0.4) is 0 Å². The molecule has 0 aliphatic carbocycles. The number of hydrogen-bond donors (Lipinski definition) is 1. The van der Waals surface area contributed by atoms with E-state index in [-0.39, 0.29) is 12.5 Å². The van der Waals surface area contributed by atoms with E-state index in [1.165, 1.54) is 4.90 Å². The number of likely N-dealkylation sites (N-methyl/N-ethyl adjacent to an activating group) is 1. The maximum atomic E-state index is 12.4. The Morgan fingerprint density at radius 1 is 1.15 bits per heavy atom. The van der Waals surface area contributed by atoms with Crippen LogP contribution in [0.2, 0.25) is 0 Å². The first-order valence-corrected chi connectivity index (χ1v) is 9.18. The van der Waals surface area contributed by atoms with E-state index in [0.29, 0.717) is 24.4 Å². The van der Waals surface area contributed by atoms with Crippen molar-refractivity contribution in [1.82, 2.24) is 14.7 Å². The average molecular weight is 379 g/mol. The molecule has 0 bridgehead atoms. The van der Waals surface area contributed by atoms with Gasteiger partial charge in [-0.1, -0.05) is 0 Å². The third-order valence-corrected chi connectivity index (χ3v) is 4.67. The summed E-state index contributed by atoms with van der Waals surface area (Å²) in [7, 11) is 3.25. The van der Waals surface area contributed by atoms with Crippen molar-refractivity contribution in [3.63, 3.8) is 0 Å². The van der Waals surface area contributed by atoms with Gasteiger partial charge in [0.25, 0.3) is 5.91 Å². The first kappa shape index (κ1) is 21.0. The number of ether oxygens (including phenoxy) is 2. The van der Waals surface area contributed by atoms with E-state index >= 15 is 0 Å². The Morgan fingerprint density at radius 2 is 1.81 bits per heavy atom. The molecule has 8 heteroatoms. The number of benzene rings is 1. The highest BCUT2D eigenvalue weighted by Gasteiger charge is 2.17. The molecule has 0 spiro atoms. The van der Waals surface area contributed by atoms with Crippen LogP contribution < -0.4 is 4.74 Å². The molecule has 1 aromatic rings. The summed E-state index contributed by atoms with van der Waals surface area (Å²) in [6.07, 6.45) is -0.190. The molecule has 2 amide bonds. The summed E-state index contributed by atoms with van der Waals surface area (Å²) in [6, 6.07) is 6.87. The van der Waals surface area contributed by atoms with E-state index in [0.717, 1.165) is 39.3 Å². The minimum atomic E-state index is -0.956. The van der Waals surface area contributed by atoms with Crippen LogP contribution in [-0.2, 0) is 4.74 Å². The number of hydrogen-bond acceptors (Lipinski definition) is 5. The van der Waals surface area contributed by atoms with Crippen LogP contribution in [0, 0.1) is 0 Å². The zero-order valence-electron chi connectivity index (χ0n) is 16.1. The second kappa shape index (κ2) is 10.7. The van der Waals surface area contributed by atoms with Crippen molar-refractivity contribution in [3.8, 4) is 5.75 Å². The molecule has 1 fully saturated rings. The van der Waals surface area contributed by atoms with Crippen molar-refractivity contribution < 1.29 is 24.2 Å². The smallest absolute Gasteiger partial charge is 0.407 e. The monoisotopic (exact) mass is 379 g/mol. The molecule has 8 nitrogen and oxygen atoms in total. The molecule has 1 aliphatic heterocycles. The Labute approximate surface area is 160 Å². The Bertz CT molecular complexity index is 602. The molecule has 0 radical (unpaired) electrons. The molecule has 0 atom stereocenters. The molecule has 1 aliphatic rings. The Hall–Kier alpha value is -2.32. The van der Waals surface area contributed by atoms with Gasteiger partial charge in [-0.15, -0.1) is 0 Å². The molecular weight excluding hydrogens is 350 g/mol. The van der Waals surface area contributed by atoms with Gasteiger partial charge in [0.05, 0.1) is 20.3 Å². The Kier molecular flexibility index (Phi) is 8.35. The van der Waals surface area contributed by atoms with Crippen LogP contribution in [0.5, 0.6) is 5.75 Å². The molecule has 150 valence electrons. The van der Waals surface area contributed by atoms with E-state index in [9.17, 15) is 14.7 Å². The standard InChI is InChI=1S/C19H29N3O5/c1-20(18(23)16-4-6-17(26-2)7-5-16)10-11-22(19(24)25)9-3-8-21-12-14-27-15-13-21/h4-7H,3,8-15H2,1-2H3,(H,24,25). The van der Waals surface area contributed by atoms with Crippen LogP contribution in [0.25, 0.3) is 0 Å². The SMILES string of the molecule is COc1ccc(C(=O)N(C)CCN(CCCN2CCOCC2)C(=O)O)cc1. The first-order valence-electron chi connectivity index (χ1n) is 9.18.